The number of aliphatic hydroxyl groups excluding tert-OH is 1. The maximum atomic E-state index is 11.9. The van der Waals surface area contributed by atoms with Gasteiger partial charge in [0.15, 0.2) is 0 Å². The van der Waals surface area contributed by atoms with Gasteiger partial charge in [0.1, 0.15) is 0 Å². The second-order valence-corrected chi connectivity index (χ2v) is 6.73. The minimum atomic E-state index is -0.732. The number of aliphatic hydroxyl groups is 1. The summed E-state index contributed by atoms with van der Waals surface area (Å²) < 4.78 is 0. The van der Waals surface area contributed by atoms with Crippen LogP contribution in [0.5, 0.6) is 0 Å². The Balaban J connectivity index is 1.71. The van der Waals surface area contributed by atoms with Gasteiger partial charge < -0.3 is 15.3 Å². The zero-order valence-corrected chi connectivity index (χ0v) is 14.6. The van der Waals surface area contributed by atoms with Gasteiger partial charge in [0.05, 0.1) is 6.10 Å². The first kappa shape index (κ1) is 18.5. The summed E-state index contributed by atoms with van der Waals surface area (Å²) in [5, 5.41) is 12.9. The first-order valence-corrected chi connectivity index (χ1v) is 8.79. The molecule has 24 heavy (non-hydrogen) atoms. The molecule has 1 aliphatic rings. The van der Waals surface area contributed by atoms with E-state index in [1.54, 1.807) is 0 Å². The number of carbonyl (C=O) groups excluding carboxylic acids is 2. The molecule has 2 amide bonds. The lowest BCUT2D eigenvalue weighted by Gasteiger charge is -2.16. The fourth-order valence-corrected chi connectivity index (χ4v) is 2.86. The fraction of sp³-hybridized carbons (Fsp3) is 0.579. The Kier molecular flexibility index (Phi) is 6.79. The molecule has 0 aliphatic carbocycles. The van der Waals surface area contributed by atoms with Crippen molar-refractivity contribution in [3.05, 3.63) is 35.4 Å². The SMILES string of the molecule is CC(C)c1ccc(C(O)CNC(=O)CCC(=O)N2CCCC2)cc1. The van der Waals surface area contributed by atoms with Crippen LogP contribution in [0.4, 0.5) is 0 Å². The molecule has 1 heterocycles. The van der Waals surface area contributed by atoms with Crippen molar-refractivity contribution < 1.29 is 14.7 Å². The Morgan fingerprint density at radius 3 is 2.25 bits per heavy atom. The van der Waals surface area contributed by atoms with E-state index >= 15 is 0 Å². The molecule has 1 aromatic carbocycles. The van der Waals surface area contributed by atoms with Gasteiger partial charge in [-0.15, -0.1) is 0 Å². The van der Waals surface area contributed by atoms with Crippen LogP contribution in [0.3, 0.4) is 0 Å². The number of benzene rings is 1. The zero-order chi connectivity index (χ0) is 17.5. The Labute approximate surface area is 144 Å². The normalized spacial score (nSPS) is 15.6. The van der Waals surface area contributed by atoms with Crippen LogP contribution >= 0.6 is 0 Å². The molecule has 1 fully saturated rings. The third kappa shape index (κ3) is 5.34. The third-order valence-corrected chi connectivity index (χ3v) is 4.51. The van der Waals surface area contributed by atoms with Gasteiger partial charge in [-0.25, -0.2) is 0 Å². The smallest absolute Gasteiger partial charge is 0.223 e. The van der Waals surface area contributed by atoms with Crippen LogP contribution in [0.1, 0.15) is 62.7 Å². The monoisotopic (exact) mass is 332 g/mol. The lowest BCUT2D eigenvalue weighted by molar-refractivity contribution is -0.132. The topological polar surface area (TPSA) is 69.6 Å². The largest absolute Gasteiger partial charge is 0.387 e. The summed E-state index contributed by atoms with van der Waals surface area (Å²) in [6.45, 7) is 6.03. The van der Waals surface area contributed by atoms with Crippen molar-refractivity contribution in [1.29, 1.82) is 0 Å². The summed E-state index contributed by atoms with van der Waals surface area (Å²) in [6.07, 6.45) is 1.79. The number of likely N-dealkylation sites (tertiary alicyclic amines) is 1. The van der Waals surface area contributed by atoms with Crippen LogP contribution in [0.15, 0.2) is 24.3 Å². The minimum absolute atomic E-state index is 0.0486. The van der Waals surface area contributed by atoms with E-state index in [2.05, 4.69) is 19.2 Å². The van der Waals surface area contributed by atoms with Gasteiger partial charge in [0.25, 0.3) is 0 Å². The van der Waals surface area contributed by atoms with Crippen molar-refractivity contribution in [3.63, 3.8) is 0 Å². The Bertz CT molecular complexity index is 548. The molecule has 0 saturated carbocycles. The summed E-state index contributed by atoms with van der Waals surface area (Å²) in [5.74, 6) is 0.303. The Morgan fingerprint density at radius 1 is 1.08 bits per heavy atom. The summed E-state index contributed by atoms with van der Waals surface area (Å²) in [6, 6.07) is 7.78. The molecule has 0 spiro atoms. The van der Waals surface area contributed by atoms with Crippen molar-refractivity contribution >= 4 is 11.8 Å². The van der Waals surface area contributed by atoms with Crippen LogP contribution < -0.4 is 5.32 Å². The van der Waals surface area contributed by atoms with Crippen LogP contribution in [0, 0.1) is 0 Å². The lowest BCUT2D eigenvalue weighted by Crippen LogP contribution is -2.31. The van der Waals surface area contributed by atoms with E-state index in [1.165, 1.54) is 5.56 Å². The highest BCUT2D eigenvalue weighted by molar-refractivity contribution is 5.83. The second kappa shape index (κ2) is 8.83. The van der Waals surface area contributed by atoms with Crippen molar-refractivity contribution in [2.45, 2.75) is 51.6 Å². The molecule has 0 bridgehead atoms. The van der Waals surface area contributed by atoms with Gasteiger partial charge >= 0.3 is 0 Å². The van der Waals surface area contributed by atoms with Crippen LogP contribution in [0.25, 0.3) is 0 Å². The number of carbonyl (C=O) groups is 2. The number of hydrogen-bond acceptors (Lipinski definition) is 3. The van der Waals surface area contributed by atoms with E-state index in [9.17, 15) is 14.7 Å². The van der Waals surface area contributed by atoms with Crippen molar-refractivity contribution in [3.8, 4) is 0 Å². The summed E-state index contributed by atoms with van der Waals surface area (Å²) >= 11 is 0. The number of rotatable bonds is 7. The van der Waals surface area contributed by atoms with E-state index in [1.807, 2.05) is 29.2 Å². The molecule has 2 N–H and O–H groups in total. The highest BCUT2D eigenvalue weighted by Crippen LogP contribution is 2.18. The fourth-order valence-electron chi connectivity index (χ4n) is 2.86. The van der Waals surface area contributed by atoms with Gasteiger partial charge in [-0.2, -0.15) is 0 Å². The van der Waals surface area contributed by atoms with Crippen molar-refractivity contribution in [2.75, 3.05) is 19.6 Å². The third-order valence-electron chi connectivity index (χ3n) is 4.51. The second-order valence-electron chi connectivity index (χ2n) is 6.73. The highest BCUT2D eigenvalue weighted by Gasteiger charge is 2.18. The molecule has 5 heteroatoms. The first-order chi connectivity index (χ1) is 11.5. The maximum Gasteiger partial charge on any atom is 0.223 e. The molecule has 1 aliphatic heterocycles. The van der Waals surface area contributed by atoms with Crippen molar-refractivity contribution in [1.82, 2.24) is 10.2 Å². The summed E-state index contributed by atoms with van der Waals surface area (Å²) in [4.78, 5) is 25.6. The predicted molar refractivity (Wildman–Crippen MR) is 93.5 cm³/mol. The Hall–Kier alpha value is -1.88. The van der Waals surface area contributed by atoms with Crippen LogP contribution in [-0.2, 0) is 9.59 Å². The molecule has 1 atom stereocenters. The minimum Gasteiger partial charge on any atom is -0.387 e. The summed E-state index contributed by atoms with van der Waals surface area (Å²) in [5.41, 5.74) is 2.00. The maximum absolute atomic E-state index is 11.9. The standard InChI is InChI=1S/C19H28N2O3/c1-14(2)15-5-7-16(8-6-15)17(22)13-20-18(23)9-10-19(24)21-11-3-4-12-21/h5-8,14,17,22H,3-4,9-13H2,1-2H3,(H,20,23). The molecule has 0 aromatic heterocycles. The quantitative estimate of drug-likeness (QED) is 0.805. The van der Waals surface area contributed by atoms with Gasteiger partial charge in [0, 0.05) is 32.5 Å². The van der Waals surface area contributed by atoms with E-state index in [0.717, 1.165) is 31.5 Å². The highest BCUT2D eigenvalue weighted by atomic mass is 16.3. The molecule has 132 valence electrons. The van der Waals surface area contributed by atoms with Crippen LogP contribution in [-0.4, -0.2) is 41.5 Å². The van der Waals surface area contributed by atoms with Gasteiger partial charge in [-0.05, 0) is 29.9 Å². The number of nitrogens with zero attached hydrogens (tertiary/aromatic N) is 1. The predicted octanol–water partition coefficient (Wildman–Crippen LogP) is 2.36. The van der Waals surface area contributed by atoms with Gasteiger partial charge in [-0.3, -0.25) is 9.59 Å². The zero-order valence-electron chi connectivity index (χ0n) is 14.6. The molecule has 5 nitrogen and oxygen atoms in total. The molecule has 1 aromatic rings. The lowest BCUT2D eigenvalue weighted by atomic mass is 10.00. The van der Waals surface area contributed by atoms with Gasteiger partial charge in [0.2, 0.25) is 11.8 Å². The molecular formula is C19H28N2O3. The van der Waals surface area contributed by atoms with Crippen LogP contribution in [0.2, 0.25) is 0 Å². The first-order valence-electron chi connectivity index (χ1n) is 8.79. The molecule has 1 unspecified atom stereocenters. The van der Waals surface area contributed by atoms with Gasteiger partial charge in [-0.1, -0.05) is 38.1 Å². The number of amides is 2. The molecule has 1 saturated heterocycles. The van der Waals surface area contributed by atoms with E-state index in [0.29, 0.717) is 5.92 Å². The average molecular weight is 332 g/mol. The molecular weight excluding hydrogens is 304 g/mol. The molecule has 0 radical (unpaired) electrons. The number of hydrogen-bond donors (Lipinski definition) is 2. The number of nitrogens with one attached hydrogen (secondary N) is 1. The summed E-state index contributed by atoms with van der Waals surface area (Å²) in [7, 11) is 0. The van der Waals surface area contributed by atoms with E-state index in [4.69, 9.17) is 0 Å². The average Bonchev–Trinajstić information content (AvgIpc) is 3.12. The van der Waals surface area contributed by atoms with Crippen molar-refractivity contribution in [2.24, 2.45) is 0 Å². The van der Waals surface area contributed by atoms with E-state index < -0.39 is 6.10 Å². The molecule has 2 rings (SSSR count). The Morgan fingerprint density at radius 2 is 1.67 bits per heavy atom. The van der Waals surface area contributed by atoms with E-state index in [-0.39, 0.29) is 31.2 Å².